The van der Waals surface area contributed by atoms with Crippen molar-refractivity contribution < 1.29 is 52.0 Å². The van der Waals surface area contributed by atoms with Gasteiger partial charge < -0.3 is 33.3 Å². The molecule has 0 spiro atoms. The monoisotopic (exact) mass is 1300 g/mol. The third-order valence-electron chi connectivity index (χ3n) is 18.0. The average Bonchev–Trinajstić information content (AvgIpc) is 1.87. The van der Waals surface area contributed by atoms with Gasteiger partial charge in [-0.05, 0) is 48.4 Å². The van der Waals surface area contributed by atoms with Crippen LogP contribution >= 0.6 is 8.25 Å². The molecule has 1 aromatic carbocycles. The Hall–Kier alpha value is -3.78. The van der Waals surface area contributed by atoms with Gasteiger partial charge in [-0.1, -0.05) is 310 Å². The Morgan fingerprint density at radius 3 is 1.22 bits per heavy atom. The van der Waals surface area contributed by atoms with Crippen LogP contribution in [0.1, 0.15) is 366 Å². The minimum Gasteiger partial charge on any atom is -0.566 e. The summed E-state index contributed by atoms with van der Waals surface area (Å²) < 4.78 is 54.5. The molecule has 2 heterocycles. The SMILES string of the molecule is CCCCCCCCCCCCCCCCCCOc1cc(COC(=O)CCC(=O)O[C@@H]2C[C@H](n3cc(C)c(=O)[nH]c3=O)O[C@@H]2CO[P+](=O)[O-])cc(OCCCCCCCCCCCCCCCCCC)c1OCCCCCCCCCCCCCCCCCC. The zero-order chi connectivity index (χ0) is 65.5. The summed E-state index contributed by atoms with van der Waals surface area (Å²) in [7, 11) is -3.24. The van der Waals surface area contributed by atoms with Crippen molar-refractivity contribution in [2.75, 3.05) is 26.4 Å². The first kappa shape index (κ1) is 81.5. The maximum Gasteiger partial charge on any atom is 0.488 e. The Labute approximate surface area is 553 Å². The number of benzene rings is 1. The van der Waals surface area contributed by atoms with Crippen molar-refractivity contribution in [1.29, 1.82) is 0 Å². The molecule has 3 rings (SSSR count). The maximum atomic E-state index is 13.3. The van der Waals surface area contributed by atoms with Crippen LogP contribution < -0.4 is 30.4 Å². The Morgan fingerprint density at radius 1 is 0.516 bits per heavy atom. The smallest absolute Gasteiger partial charge is 0.488 e. The summed E-state index contributed by atoms with van der Waals surface area (Å²) in [6.45, 7) is 9.40. The van der Waals surface area contributed by atoms with E-state index in [4.69, 9.17) is 32.9 Å². The Balaban J connectivity index is 1.61. The van der Waals surface area contributed by atoms with E-state index < -0.39 is 56.5 Å². The second-order valence-corrected chi connectivity index (χ2v) is 27.1. The summed E-state index contributed by atoms with van der Waals surface area (Å²) in [4.78, 5) is 64.8. The molecule has 4 atom stereocenters. The molecule has 0 saturated carbocycles. The number of esters is 2. The van der Waals surface area contributed by atoms with Gasteiger partial charge in [0.25, 0.3) is 5.56 Å². The van der Waals surface area contributed by atoms with Crippen molar-refractivity contribution in [3.63, 3.8) is 0 Å². The van der Waals surface area contributed by atoms with Crippen molar-refractivity contribution in [3.8, 4) is 17.2 Å². The third kappa shape index (κ3) is 42.3. The van der Waals surface area contributed by atoms with E-state index >= 15 is 0 Å². The molecule has 1 aromatic heterocycles. The van der Waals surface area contributed by atoms with Gasteiger partial charge in [0.2, 0.25) is 5.75 Å². The van der Waals surface area contributed by atoms with E-state index in [0.29, 0.717) is 42.6 Å². The van der Waals surface area contributed by atoms with E-state index in [1.165, 1.54) is 283 Å². The summed E-state index contributed by atoms with van der Waals surface area (Å²) in [5.74, 6) is 0.386. The first-order chi connectivity index (χ1) is 44.6. The topological polar surface area (TPSA) is 194 Å². The molecule has 1 fully saturated rings. The van der Waals surface area contributed by atoms with Crippen LogP contribution in [0.5, 0.6) is 17.2 Å². The van der Waals surface area contributed by atoms with Crippen molar-refractivity contribution in [2.45, 2.75) is 380 Å². The molecule has 0 aliphatic carbocycles. The number of ether oxygens (including phenoxy) is 6. The number of H-pyrrole nitrogens is 1. The average molecular weight is 1300 g/mol. The van der Waals surface area contributed by atoms with Crippen LogP contribution in [0, 0.1) is 6.92 Å². The van der Waals surface area contributed by atoms with Crippen LogP contribution in [0.4, 0.5) is 0 Å². The summed E-state index contributed by atoms with van der Waals surface area (Å²) in [5, 5.41) is 0. The van der Waals surface area contributed by atoms with Gasteiger partial charge >= 0.3 is 25.9 Å². The lowest BCUT2D eigenvalue weighted by Crippen LogP contribution is -2.33. The molecule has 1 N–H and O–H groups in total. The molecular formula is C75H131N2O13P. The highest BCUT2D eigenvalue weighted by molar-refractivity contribution is 7.30. The summed E-state index contributed by atoms with van der Waals surface area (Å²) >= 11 is 0. The van der Waals surface area contributed by atoms with Crippen molar-refractivity contribution in [2.24, 2.45) is 0 Å². The highest BCUT2D eigenvalue weighted by atomic mass is 31.1. The number of hydrogen-bond acceptors (Lipinski definition) is 13. The molecule has 0 amide bonds. The lowest BCUT2D eigenvalue weighted by Gasteiger charge is -2.19. The van der Waals surface area contributed by atoms with Crippen LogP contribution in [-0.4, -0.2) is 60.1 Å². The van der Waals surface area contributed by atoms with E-state index in [2.05, 4.69) is 25.8 Å². The number of carbonyl (C=O) groups excluding carboxylic acids is 2. The highest BCUT2D eigenvalue weighted by Crippen LogP contribution is 2.40. The normalized spacial score (nSPS) is 14.9. The maximum absolute atomic E-state index is 13.3. The van der Waals surface area contributed by atoms with Crippen LogP contribution in [0.15, 0.2) is 27.9 Å². The molecular weight excluding hydrogens is 1170 g/mol. The third-order valence-corrected chi connectivity index (χ3v) is 18.4. The van der Waals surface area contributed by atoms with Gasteiger partial charge in [-0.15, -0.1) is 4.52 Å². The van der Waals surface area contributed by atoms with Crippen molar-refractivity contribution in [3.05, 3.63) is 50.3 Å². The first-order valence-electron chi connectivity index (χ1n) is 37.7. The molecule has 1 unspecified atom stereocenters. The molecule has 2 aromatic rings. The molecule has 1 saturated heterocycles. The van der Waals surface area contributed by atoms with Gasteiger partial charge in [0.15, 0.2) is 11.5 Å². The largest absolute Gasteiger partial charge is 0.566 e. The van der Waals surface area contributed by atoms with E-state index in [0.717, 1.165) is 43.1 Å². The Kier molecular flexibility index (Phi) is 50.6. The number of hydrogen-bond donors (Lipinski definition) is 1. The quantitative estimate of drug-likeness (QED) is 0.0374. The van der Waals surface area contributed by atoms with Crippen LogP contribution in [0.2, 0.25) is 0 Å². The van der Waals surface area contributed by atoms with Crippen LogP contribution in [-0.2, 0) is 39.5 Å². The minimum atomic E-state index is -3.24. The summed E-state index contributed by atoms with van der Waals surface area (Å²) in [6.07, 6.45) is 59.8. The molecule has 0 bridgehead atoms. The van der Waals surface area contributed by atoms with Crippen LogP contribution in [0.3, 0.4) is 0 Å². The van der Waals surface area contributed by atoms with Crippen molar-refractivity contribution >= 4 is 20.2 Å². The van der Waals surface area contributed by atoms with Gasteiger partial charge in [-0.2, -0.15) is 0 Å². The number of aryl methyl sites for hydroxylation is 1. The van der Waals surface area contributed by atoms with Crippen molar-refractivity contribution in [1.82, 2.24) is 9.55 Å². The molecule has 15 nitrogen and oxygen atoms in total. The Morgan fingerprint density at radius 2 is 0.857 bits per heavy atom. The first-order valence-corrected chi connectivity index (χ1v) is 38.8. The zero-order valence-corrected chi connectivity index (χ0v) is 59.2. The number of aromatic nitrogens is 2. The number of unbranched alkanes of at least 4 members (excludes halogenated alkanes) is 45. The minimum absolute atomic E-state index is 0.0295. The van der Waals surface area contributed by atoms with Crippen LogP contribution in [0.25, 0.3) is 0 Å². The van der Waals surface area contributed by atoms with Gasteiger partial charge in [0.05, 0.1) is 32.7 Å². The molecule has 91 heavy (non-hydrogen) atoms. The molecule has 1 aliphatic rings. The van der Waals surface area contributed by atoms with E-state index in [-0.39, 0.29) is 31.4 Å². The highest BCUT2D eigenvalue weighted by Gasteiger charge is 2.41. The Bertz CT molecular complexity index is 2180. The number of aromatic amines is 1. The fraction of sp³-hybridized carbons (Fsp3) is 0.840. The standard InChI is InChI=1S/C75H131N2O13P/c1-5-8-11-14-17-20-23-26-29-32-35-38-41-44-47-50-55-84-67-58-65(62-87-71(78)53-54-72(79)90-66-60-70(89-69(66)63-88-91(82)83)77-61-64(4)74(80)76-75(77)81)59-68(85-56-51-48-45-42-39-36-33-30-27-24-21-18-15-12-9-6-2)73(67)86-57-52-49-46-43-40-37-34-31-28-25-22-19-16-13-10-7-3/h58-59,61,66,69-70H,5-57,60,62-63H2,1-4H3,(H,76,80,81)/t66-,69-,70-/m1/s1. The molecule has 1 aliphatic heterocycles. The fourth-order valence-corrected chi connectivity index (χ4v) is 12.6. The summed E-state index contributed by atoms with van der Waals surface area (Å²) in [5.41, 5.74) is -0.355. The molecule has 16 heteroatoms. The number of carbonyl (C=O) groups is 2. The van der Waals surface area contributed by atoms with E-state index in [1.54, 1.807) is 0 Å². The predicted octanol–water partition coefficient (Wildman–Crippen LogP) is 20.5. The summed E-state index contributed by atoms with van der Waals surface area (Å²) in [6, 6.07) is 3.78. The lowest BCUT2D eigenvalue weighted by atomic mass is 10.0. The molecule has 0 radical (unpaired) electrons. The van der Waals surface area contributed by atoms with Gasteiger partial charge in [0.1, 0.15) is 31.6 Å². The molecule has 524 valence electrons. The van der Waals surface area contributed by atoms with Gasteiger partial charge in [-0.3, -0.25) is 23.9 Å². The second kappa shape index (κ2) is 56.6. The van der Waals surface area contributed by atoms with E-state index in [9.17, 15) is 28.6 Å². The number of nitrogens with zero attached hydrogens (tertiary/aromatic N) is 1. The second-order valence-electron chi connectivity index (χ2n) is 26.4. The number of rotatable bonds is 64. The fourth-order valence-electron chi connectivity index (χ4n) is 12.3. The van der Waals surface area contributed by atoms with Gasteiger partial charge in [-0.25, -0.2) is 4.79 Å². The van der Waals surface area contributed by atoms with E-state index in [1.807, 2.05) is 12.1 Å². The van der Waals surface area contributed by atoms with Gasteiger partial charge in [0, 0.05) is 18.2 Å². The zero-order valence-electron chi connectivity index (χ0n) is 58.3. The number of nitrogens with one attached hydrogen (secondary N) is 1. The predicted molar refractivity (Wildman–Crippen MR) is 369 cm³/mol. The lowest BCUT2D eigenvalue weighted by molar-refractivity contribution is -0.189.